The molecule has 0 amide bonds. The molecule has 2 nitrogen and oxygen atoms in total. The Labute approximate surface area is 306 Å². The summed E-state index contributed by atoms with van der Waals surface area (Å²) >= 11 is 0. The molecule has 2 aliphatic rings. The van der Waals surface area contributed by atoms with Gasteiger partial charge in [-0.3, -0.25) is 0 Å². The highest BCUT2D eigenvalue weighted by atomic mass is 16.3. The lowest BCUT2D eigenvalue weighted by Crippen LogP contribution is -2.36. The number of rotatable bonds is 4. The Morgan fingerprint density at radius 1 is 0.377 bits per heavy atom. The normalized spacial score (nSPS) is 13.4. The highest BCUT2D eigenvalue weighted by Gasteiger charge is 2.53. The van der Waals surface area contributed by atoms with E-state index < -0.39 is 0 Å². The van der Waals surface area contributed by atoms with Gasteiger partial charge in [0.1, 0.15) is 11.2 Å². The minimum Gasteiger partial charge on any atom is -0.456 e. The number of benzene rings is 9. The van der Waals surface area contributed by atoms with Crippen LogP contribution in [0.3, 0.4) is 0 Å². The maximum absolute atomic E-state index is 6.32. The lowest BCUT2D eigenvalue weighted by atomic mass is 9.58. The molecule has 0 unspecified atom stereocenters. The number of anilines is 3. The fourth-order valence-electron chi connectivity index (χ4n) is 9.61. The van der Waals surface area contributed by atoms with Crippen molar-refractivity contribution in [3.8, 4) is 22.3 Å². The molecule has 53 heavy (non-hydrogen) atoms. The SMILES string of the molecule is c1cc(-c2ccc3c(c2)oc2ccccc23)cc(N(c2cc3c4c(cccc4c2)C32c3ccccc3-c3ccccc32)c2cccc3ccccc23)c1. The number of fused-ring (bicyclic) bond motifs is 11. The van der Waals surface area contributed by atoms with Crippen molar-refractivity contribution in [3.05, 3.63) is 210 Å². The second-order valence-electron chi connectivity index (χ2n) is 14.4. The number of nitrogens with zero attached hydrogens (tertiary/aromatic N) is 1. The summed E-state index contributed by atoms with van der Waals surface area (Å²) in [6, 6.07) is 68.9. The number of para-hydroxylation sites is 1. The van der Waals surface area contributed by atoms with Crippen molar-refractivity contribution in [2.75, 3.05) is 4.90 Å². The molecule has 1 spiro atoms. The van der Waals surface area contributed by atoms with Crippen LogP contribution < -0.4 is 4.90 Å². The van der Waals surface area contributed by atoms with Crippen LogP contribution in [-0.2, 0) is 5.41 Å². The first-order valence-corrected chi connectivity index (χ1v) is 18.3. The zero-order chi connectivity index (χ0) is 34.7. The lowest BCUT2D eigenvalue weighted by Gasteiger charge is -2.44. The summed E-state index contributed by atoms with van der Waals surface area (Å²) in [5.74, 6) is 0. The second-order valence-corrected chi connectivity index (χ2v) is 14.4. The van der Waals surface area contributed by atoms with E-state index in [1.807, 2.05) is 12.1 Å². The summed E-state index contributed by atoms with van der Waals surface area (Å²) in [4.78, 5) is 2.47. The molecule has 2 heteroatoms. The van der Waals surface area contributed by atoms with Crippen LogP contribution in [0.1, 0.15) is 22.3 Å². The molecular weight excluding hydrogens is 643 g/mol. The third-order valence-corrected chi connectivity index (χ3v) is 11.8. The average molecular weight is 674 g/mol. The monoisotopic (exact) mass is 673 g/mol. The molecule has 0 aliphatic heterocycles. The van der Waals surface area contributed by atoms with E-state index >= 15 is 0 Å². The van der Waals surface area contributed by atoms with Crippen LogP contribution in [0.4, 0.5) is 17.1 Å². The summed E-state index contributed by atoms with van der Waals surface area (Å²) in [6.45, 7) is 0. The maximum atomic E-state index is 6.32. The quantitative estimate of drug-likeness (QED) is 0.185. The van der Waals surface area contributed by atoms with Gasteiger partial charge in [0, 0.05) is 27.5 Å². The second kappa shape index (κ2) is 10.6. The fourth-order valence-corrected chi connectivity index (χ4v) is 9.61. The van der Waals surface area contributed by atoms with Gasteiger partial charge in [-0.05, 0) is 109 Å². The van der Waals surface area contributed by atoms with Crippen molar-refractivity contribution in [1.82, 2.24) is 0 Å². The van der Waals surface area contributed by atoms with Crippen molar-refractivity contribution in [2.24, 2.45) is 0 Å². The number of furan rings is 1. The zero-order valence-corrected chi connectivity index (χ0v) is 28.8. The molecule has 9 aromatic carbocycles. The van der Waals surface area contributed by atoms with Crippen LogP contribution in [0.2, 0.25) is 0 Å². The van der Waals surface area contributed by atoms with E-state index in [4.69, 9.17) is 4.42 Å². The summed E-state index contributed by atoms with van der Waals surface area (Å²) in [5.41, 5.74) is 15.3. The van der Waals surface area contributed by atoms with Gasteiger partial charge in [0.05, 0.1) is 11.1 Å². The van der Waals surface area contributed by atoms with Crippen molar-refractivity contribution < 1.29 is 4.42 Å². The van der Waals surface area contributed by atoms with Gasteiger partial charge in [-0.15, -0.1) is 0 Å². The van der Waals surface area contributed by atoms with Crippen LogP contribution in [-0.4, -0.2) is 0 Å². The maximum Gasteiger partial charge on any atom is 0.136 e. The number of hydrogen-bond acceptors (Lipinski definition) is 2. The average Bonchev–Trinajstić information content (AvgIpc) is 3.75. The fraction of sp³-hybridized carbons (Fsp3) is 0.0196. The van der Waals surface area contributed by atoms with Crippen molar-refractivity contribution in [1.29, 1.82) is 0 Å². The third kappa shape index (κ3) is 3.82. The van der Waals surface area contributed by atoms with E-state index in [2.05, 4.69) is 181 Å². The van der Waals surface area contributed by atoms with Gasteiger partial charge in [0.2, 0.25) is 0 Å². The Bertz CT molecular complexity index is 3100. The lowest BCUT2D eigenvalue weighted by molar-refractivity contribution is 0.669. The molecule has 246 valence electrons. The first-order chi connectivity index (χ1) is 26.3. The van der Waals surface area contributed by atoms with Crippen LogP contribution >= 0.6 is 0 Å². The molecule has 0 saturated heterocycles. The van der Waals surface area contributed by atoms with Crippen molar-refractivity contribution in [2.45, 2.75) is 5.41 Å². The first-order valence-electron chi connectivity index (χ1n) is 18.3. The molecule has 0 saturated carbocycles. The molecule has 10 aromatic rings. The molecule has 0 fully saturated rings. The predicted molar refractivity (Wildman–Crippen MR) is 220 cm³/mol. The van der Waals surface area contributed by atoms with Gasteiger partial charge in [0.25, 0.3) is 0 Å². The first kappa shape index (κ1) is 28.8. The summed E-state index contributed by atoms with van der Waals surface area (Å²) in [7, 11) is 0. The van der Waals surface area contributed by atoms with E-state index in [-0.39, 0.29) is 5.41 Å². The highest BCUT2D eigenvalue weighted by Crippen LogP contribution is 2.64. The predicted octanol–water partition coefficient (Wildman–Crippen LogP) is 13.7. The smallest absolute Gasteiger partial charge is 0.136 e. The number of hydrogen-bond donors (Lipinski definition) is 0. The van der Waals surface area contributed by atoms with E-state index in [1.165, 1.54) is 54.9 Å². The van der Waals surface area contributed by atoms with Gasteiger partial charge >= 0.3 is 0 Å². The summed E-state index contributed by atoms with van der Waals surface area (Å²) < 4.78 is 6.32. The Hall–Kier alpha value is -6.90. The Balaban J connectivity index is 1.10. The summed E-state index contributed by atoms with van der Waals surface area (Å²) in [5, 5.41) is 7.34. The van der Waals surface area contributed by atoms with Gasteiger partial charge in [-0.25, -0.2) is 0 Å². The van der Waals surface area contributed by atoms with Gasteiger partial charge in [-0.1, -0.05) is 140 Å². The topological polar surface area (TPSA) is 16.4 Å². The minimum absolute atomic E-state index is 0.313. The Morgan fingerprint density at radius 3 is 1.89 bits per heavy atom. The van der Waals surface area contributed by atoms with Crippen LogP contribution in [0.5, 0.6) is 0 Å². The standard InChI is InChI=1S/C51H31NO/c1-2-17-38-32(12-1)13-11-24-47(38)52(36-16-9-14-33(28-36)34-26-27-42-41-20-5-8-25-48(41)53-49(42)30-34)37-29-35-15-10-23-45-50(35)46(31-37)51(45)43-21-6-3-18-39(43)40-19-4-7-22-44(40)51/h1-31H. The molecule has 1 heterocycles. The van der Waals surface area contributed by atoms with E-state index in [0.717, 1.165) is 50.1 Å². The molecule has 0 N–H and O–H groups in total. The van der Waals surface area contributed by atoms with Gasteiger partial charge in [-0.2, -0.15) is 0 Å². The van der Waals surface area contributed by atoms with Crippen molar-refractivity contribution >= 4 is 60.5 Å². The van der Waals surface area contributed by atoms with Crippen molar-refractivity contribution in [3.63, 3.8) is 0 Å². The van der Waals surface area contributed by atoms with Gasteiger partial charge in [0.15, 0.2) is 0 Å². The molecule has 0 atom stereocenters. The van der Waals surface area contributed by atoms with Crippen LogP contribution in [0, 0.1) is 0 Å². The molecular formula is C51H31NO. The molecule has 1 aromatic heterocycles. The summed E-state index contributed by atoms with van der Waals surface area (Å²) in [6.07, 6.45) is 0. The minimum atomic E-state index is -0.313. The van der Waals surface area contributed by atoms with Crippen LogP contribution in [0.15, 0.2) is 192 Å². The van der Waals surface area contributed by atoms with Crippen LogP contribution in [0.25, 0.3) is 65.7 Å². The Kier molecular flexibility index (Phi) is 5.73. The van der Waals surface area contributed by atoms with E-state index in [1.54, 1.807) is 0 Å². The molecule has 0 radical (unpaired) electrons. The molecule has 2 aliphatic carbocycles. The molecule has 12 rings (SSSR count). The largest absolute Gasteiger partial charge is 0.456 e. The van der Waals surface area contributed by atoms with Gasteiger partial charge < -0.3 is 9.32 Å². The zero-order valence-electron chi connectivity index (χ0n) is 28.8. The Morgan fingerprint density at radius 2 is 1.02 bits per heavy atom. The van der Waals surface area contributed by atoms with E-state index in [9.17, 15) is 0 Å². The highest BCUT2D eigenvalue weighted by molar-refractivity contribution is 6.09. The third-order valence-electron chi connectivity index (χ3n) is 11.8. The molecule has 0 bridgehead atoms. The van der Waals surface area contributed by atoms with E-state index in [0.29, 0.717) is 0 Å².